The molecule has 0 aliphatic heterocycles. The summed E-state index contributed by atoms with van der Waals surface area (Å²) in [4.78, 5) is 6.63. The second-order valence-electron chi connectivity index (χ2n) is 3.52. The van der Waals surface area contributed by atoms with Crippen LogP contribution in [0.5, 0.6) is 0 Å². The largest absolute Gasteiger partial charge is 0.310 e. The first kappa shape index (κ1) is 12.6. The molecule has 1 aromatic rings. The molecule has 0 fully saturated rings. The lowest BCUT2D eigenvalue weighted by Crippen LogP contribution is -2.28. The maximum absolute atomic E-state index is 4.35. The van der Waals surface area contributed by atoms with Gasteiger partial charge < -0.3 is 10.2 Å². The van der Waals surface area contributed by atoms with Gasteiger partial charge in [0.1, 0.15) is 4.60 Å². The first-order valence-electron chi connectivity index (χ1n) is 5.23. The highest BCUT2D eigenvalue weighted by molar-refractivity contribution is 9.10. The van der Waals surface area contributed by atoms with E-state index in [9.17, 15) is 0 Å². The lowest BCUT2D eigenvalue weighted by molar-refractivity contribution is 0.348. The molecular weight excluding hydrogens is 254 g/mol. The summed E-state index contributed by atoms with van der Waals surface area (Å²) >= 11 is 3.36. The number of pyridine rings is 1. The van der Waals surface area contributed by atoms with Crippen LogP contribution in [0.25, 0.3) is 0 Å². The molecule has 1 heterocycles. The fraction of sp³-hybridized carbons (Fsp3) is 0.545. The second kappa shape index (κ2) is 6.93. The Morgan fingerprint density at radius 3 is 2.93 bits per heavy atom. The molecule has 0 aromatic carbocycles. The predicted octanol–water partition coefficient (Wildman–Crippen LogP) is 1.89. The van der Waals surface area contributed by atoms with Crippen LogP contribution in [0.1, 0.15) is 12.6 Å². The topological polar surface area (TPSA) is 28.2 Å². The summed E-state index contributed by atoms with van der Waals surface area (Å²) in [5.41, 5.74) is 1.07. The Labute approximate surface area is 100 Å². The highest BCUT2D eigenvalue weighted by Gasteiger charge is 1.96. The van der Waals surface area contributed by atoms with Gasteiger partial charge in [0.05, 0.1) is 5.69 Å². The van der Waals surface area contributed by atoms with Gasteiger partial charge in [-0.1, -0.05) is 13.0 Å². The number of halogens is 1. The molecule has 0 saturated carbocycles. The Hall–Kier alpha value is -0.450. The molecule has 0 amide bonds. The maximum atomic E-state index is 4.35. The predicted molar refractivity (Wildman–Crippen MR) is 66.8 cm³/mol. The van der Waals surface area contributed by atoms with Crippen LogP contribution in [0.4, 0.5) is 0 Å². The third-order valence-corrected chi connectivity index (χ3v) is 2.73. The first-order valence-corrected chi connectivity index (χ1v) is 6.02. The molecule has 1 rings (SSSR count). The van der Waals surface area contributed by atoms with Crippen molar-refractivity contribution in [3.8, 4) is 0 Å². The summed E-state index contributed by atoms with van der Waals surface area (Å²) in [6, 6.07) is 5.97. The number of likely N-dealkylation sites (N-methyl/N-ethyl adjacent to an activating group) is 1. The minimum absolute atomic E-state index is 0.830. The first-order chi connectivity index (χ1) is 7.22. The molecule has 0 saturated heterocycles. The summed E-state index contributed by atoms with van der Waals surface area (Å²) in [5, 5.41) is 3.37. The van der Waals surface area contributed by atoms with Crippen LogP contribution in [0, 0.1) is 0 Å². The Bertz CT molecular complexity index is 291. The molecule has 0 atom stereocenters. The van der Waals surface area contributed by atoms with Gasteiger partial charge in [-0.25, -0.2) is 4.98 Å². The Kier molecular flexibility index (Phi) is 5.83. The quantitative estimate of drug-likeness (QED) is 0.633. The molecular formula is C11H18BrN3. The molecule has 3 nitrogen and oxygen atoms in total. The molecule has 0 bridgehead atoms. The van der Waals surface area contributed by atoms with Crippen molar-refractivity contribution in [2.45, 2.75) is 13.5 Å². The lowest BCUT2D eigenvalue weighted by atomic mass is 10.3. The number of hydrogen-bond donors (Lipinski definition) is 1. The molecule has 0 aliphatic rings. The minimum atomic E-state index is 0.830. The van der Waals surface area contributed by atoms with E-state index in [1.807, 2.05) is 18.2 Å². The van der Waals surface area contributed by atoms with Gasteiger partial charge in [-0.2, -0.15) is 0 Å². The molecule has 1 N–H and O–H groups in total. The van der Waals surface area contributed by atoms with Crippen molar-refractivity contribution in [1.82, 2.24) is 15.2 Å². The van der Waals surface area contributed by atoms with E-state index in [4.69, 9.17) is 0 Å². The Balaban J connectivity index is 2.20. The van der Waals surface area contributed by atoms with Gasteiger partial charge in [-0.05, 0) is 41.7 Å². The zero-order valence-electron chi connectivity index (χ0n) is 9.33. The SMILES string of the molecule is CCN(C)CCNCc1cccc(Br)n1. The average molecular weight is 272 g/mol. The van der Waals surface area contributed by atoms with Crippen molar-refractivity contribution in [2.24, 2.45) is 0 Å². The standard InChI is InChI=1S/C11H18BrN3/c1-3-15(2)8-7-13-9-10-5-4-6-11(12)14-10/h4-6,13H,3,7-9H2,1-2H3. The van der Waals surface area contributed by atoms with E-state index < -0.39 is 0 Å². The Morgan fingerprint density at radius 1 is 1.47 bits per heavy atom. The summed E-state index contributed by atoms with van der Waals surface area (Å²) in [6.45, 7) is 6.16. The van der Waals surface area contributed by atoms with Gasteiger partial charge in [0.15, 0.2) is 0 Å². The van der Waals surface area contributed by atoms with Crippen molar-refractivity contribution in [2.75, 3.05) is 26.7 Å². The van der Waals surface area contributed by atoms with Crippen molar-refractivity contribution in [3.05, 3.63) is 28.5 Å². The van der Waals surface area contributed by atoms with Gasteiger partial charge in [-0.3, -0.25) is 0 Å². The van der Waals surface area contributed by atoms with Crippen molar-refractivity contribution in [3.63, 3.8) is 0 Å². The average Bonchev–Trinajstić information content (AvgIpc) is 2.24. The fourth-order valence-electron chi connectivity index (χ4n) is 1.19. The molecule has 0 radical (unpaired) electrons. The third kappa shape index (κ3) is 5.25. The summed E-state index contributed by atoms with van der Waals surface area (Å²) in [7, 11) is 2.12. The van der Waals surface area contributed by atoms with Crippen LogP contribution in [-0.2, 0) is 6.54 Å². The molecule has 1 aromatic heterocycles. The fourth-order valence-corrected chi connectivity index (χ4v) is 1.57. The Morgan fingerprint density at radius 2 is 2.27 bits per heavy atom. The molecule has 15 heavy (non-hydrogen) atoms. The molecule has 84 valence electrons. The second-order valence-corrected chi connectivity index (χ2v) is 4.34. The number of nitrogens with one attached hydrogen (secondary N) is 1. The summed E-state index contributed by atoms with van der Waals surface area (Å²) in [5.74, 6) is 0. The highest BCUT2D eigenvalue weighted by atomic mass is 79.9. The van der Waals surface area contributed by atoms with Crippen LogP contribution in [-0.4, -0.2) is 36.6 Å². The van der Waals surface area contributed by atoms with Gasteiger partial charge in [0.25, 0.3) is 0 Å². The van der Waals surface area contributed by atoms with Crippen LogP contribution in [0.2, 0.25) is 0 Å². The minimum Gasteiger partial charge on any atom is -0.310 e. The van der Waals surface area contributed by atoms with Crippen LogP contribution in [0.3, 0.4) is 0 Å². The van der Waals surface area contributed by atoms with Gasteiger partial charge in [0, 0.05) is 19.6 Å². The van der Waals surface area contributed by atoms with Gasteiger partial charge in [0.2, 0.25) is 0 Å². The molecule has 0 aliphatic carbocycles. The number of hydrogen-bond acceptors (Lipinski definition) is 3. The van der Waals surface area contributed by atoms with Crippen molar-refractivity contribution < 1.29 is 0 Å². The van der Waals surface area contributed by atoms with Gasteiger partial charge >= 0.3 is 0 Å². The van der Waals surface area contributed by atoms with E-state index in [2.05, 4.69) is 45.1 Å². The van der Waals surface area contributed by atoms with E-state index in [-0.39, 0.29) is 0 Å². The zero-order chi connectivity index (χ0) is 11.1. The highest BCUT2D eigenvalue weighted by Crippen LogP contribution is 2.05. The van der Waals surface area contributed by atoms with E-state index >= 15 is 0 Å². The number of rotatable bonds is 6. The maximum Gasteiger partial charge on any atom is 0.106 e. The normalized spacial score (nSPS) is 10.9. The molecule has 0 spiro atoms. The molecule has 0 unspecified atom stereocenters. The van der Waals surface area contributed by atoms with Crippen molar-refractivity contribution in [1.29, 1.82) is 0 Å². The van der Waals surface area contributed by atoms with E-state index in [0.717, 1.165) is 36.5 Å². The van der Waals surface area contributed by atoms with E-state index in [1.165, 1.54) is 0 Å². The van der Waals surface area contributed by atoms with Gasteiger partial charge in [-0.15, -0.1) is 0 Å². The lowest BCUT2D eigenvalue weighted by Gasteiger charge is -2.13. The van der Waals surface area contributed by atoms with E-state index in [0.29, 0.717) is 0 Å². The van der Waals surface area contributed by atoms with Crippen LogP contribution < -0.4 is 5.32 Å². The summed E-state index contributed by atoms with van der Waals surface area (Å²) < 4.78 is 0.896. The number of nitrogens with zero attached hydrogens (tertiary/aromatic N) is 2. The summed E-state index contributed by atoms with van der Waals surface area (Å²) in [6.07, 6.45) is 0. The van der Waals surface area contributed by atoms with Crippen LogP contribution in [0.15, 0.2) is 22.8 Å². The molecule has 4 heteroatoms. The number of aromatic nitrogens is 1. The zero-order valence-corrected chi connectivity index (χ0v) is 10.9. The smallest absolute Gasteiger partial charge is 0.106 e. The third-order valence-electron chi connectivity index (χ3n) is 2.29. The van der Waals surface area contributed by atoms with Crippen molar-refractivity contribution >= 4 is 15.9 Å². The van der Waals surface area contributed by atoms with E-state index in [1.54, 1.807) is 0 Å². The van der Waals surface area contributed by atoms with Crippen LogP contribution >= 0.6 is 15.9 Å². The monoisotopic (exact) mass is 271 g/mol.